The quantitative estimate of drug-likeness (QED) is 0.840. The summed E-state index contributed by atoms with van der Waals surface area (Å²) < 4.78 is 27.2. The molecule has 2 unspecified atom stereocenters. The number of rotatable bonds is 2. The maximum absolute atomic E-state index is 12.8. The largest absolute Gasteiger partial charge is 0.397 e. The van der Waals surface area contributed by atoms with E-state index in [2.05, 4.69) is 11.9 Å². The molecule has 0 saturated carbocycles. The summed E-state index contributed by atoms with van der Waals surface area (Å²) in [7, 11) is -1.41. The second-order valence-corrected chi connectivity index (χ2v) is 8.23. The molecule has 1 aromatic carbocycles. The molecule has 0 spiro atoms. The van der Waals surface area contributed by atoms with E-state index >= 15 is 0 Å². The van der Waals surface area contributed by atoms with E-state index in [0.29, 0.717) is 35.9 Å². The van der Waals surface area contributed by atoms with Gasteiger partial charge in [-0.2, -0.15) is 4.31 Å². The van der Waals surface area contributed by atoms with Crippen molar-refractivity contribution in [1.29, 1.82) is 0 Å². The Morgan fingerprint density at radius 3 is 2.67 bits per heavy atom. The minimum absolute atomic E-state index is 0.227. The minimum atomic E-state index is -3.50. The second-order valence-electron chi connectivity index (χ2n) is 5.89. The smallest absolute Gasteiger partial charge is 0.243 e. The van der Waals surface area contributed by atoms with E-state index < -0.39 is 10.0 Å². The predicted octanol–water partition coefficient (Wildman–Crippen LogP) is 1.78. The lowest BCUT2D eigenvalue weighted by atomic mass is 10.1. The molecule has 116 valence electrons. The lowest BCUT2D eigenvalue weighted by Crippen LogP contribution is -2.39. The van der Waals surface area contributed by atoms with Crippen LogP contribution in [0.1, 0.15) is 19.3 Å². The van der Waals surface area contributed by atoms with Crippen LogP contribution in [0.15, 0.2) is 23.1 Å². The Morgan fingerprint density at radius 2 is 1.95 bits per heavy atom. The number of hydrogen-bond donors (Lipinski definition) is 1. The van der Waals surface area contributed by atoms with E-state index in [-0.39, 0.29) is 4.90 Å². The molecule has 2 heterocycles. The summed E-state index contributed by atoms with van der Waals surface area (Å²) >= 11 is 5.87. The van der Waals surface area contributed by atoms with Gasteiger partial charge in [0, 0.05) is 25.2 Å². The summed E-state index contributed by atoms with van der Waals surface area (Å²) in [6.07, 6.45) is 3.12. The van der Waals surface area contributed by atoms with Gasteiger partial charge in [-0.1, -0.05) is 11.6 Å². The molecule has 2 N–H and O–H groups in total. The van der Waals surface area contributed by atoms with Gasteiger partial charge in [0.05, 0.1) is 15.6 Å². The third kappa shape index (κ3) is 2.65. The number of benzene rings is 1. The lowest BCUT2D eigenvalue weighted by Gasteiger charge is -2.25. The van der Waals surface area contributed by atoms with Gasteiger partial charge < -0.3 is 5.73 Å². The fourth-order valence-electron chi connectivity index (χ4n) is 3.33. The molecule has 2 saturated heterocycles. The van der Waals surface area contributed by atoms with Crippen molar-refractivity contribution in [3.63, 3.8) is 0 Å². The van der Waals surface area contributed by atoms with E-state index in [0.717, 1.165) is 12.8 Å². The van der Waals surface area contributed by atoms with Crippen LogP contribution in [-0.4, -0.2) is 49.8 Å². The number of likely N-dealkylation sites (N-methyl/N-ethyl adjacent to an activating group) is 1. The molecular formula is C14H20ClN3O2S. The zero-order valence-electron chi connectivity index (χ0n) is 12.0. The molecule has 2 aliphatic heterocycles. The van der Waals surface area contributed by atoms with Crippen LogP contribution in [0.4, 0.5) is 5.69 Å². The summed E-state index contributed by atoms with van der Waals surface area (Å²) in [5.41, 5.74) is 6.03. The number of hydrogen-bond acceptors (Lipinski definition) is 4. The highest BCUT2D eigenvalue weighted by Gasteiger charge is 2.38. The lowest BCUT2D eigenvalue weighted by molar-refractivity contribution is 0.246. The van der Waals surface area contributed by atoms with Gasteiger partial charge in [-0.3, -0.25) is 4.90 Å². The topological polar surface area (TPSA) is 66.6 Å². The van der Waals surface area contributed by atoms with Gasteiger partial charge in [0.25, 0.3) is 0 Å². The maximum atomic E-state index is 12.8. The van der Waals surface area contributed by atoms with Crippen molar-refractivity contribution in [3.05, 3.63) is 23.2 Å². The van der Waals surface area contributed by atoms with Crippen LogP contribution in [0.25, 0.3) is 0 Å². The van der Waals surface area contributed by atoms with Gasteiger partial charge in [0.2, 0.25) is 10.0 Å². The average molecular weight is 330 g/mol. The zero-order chi connectivity index (χ0) is 15.2. The molecule has 7 heteroatoms. The first kappa shape index (κ1) is 15.1. The molecule has 3 rings (SSSR count). The molecule has 5 nitrogen and oxygen atoms in total. The Kier molecular flexibility index (Phi) is 3.90. The number of nitrogen functional groups attached to an aromatic ring is 1. The van der Waals surface area contributed by atoms with Crippen LogP contribution in [0.5, 0.6) is 0 Å². The highest BCUT2D eigenvalue weighted by atomic mass is 35.5. The Labute approximate surface area is 130 Å². The van der Waals surface area contributed by atoms with Crippen molar-refractivity contribution in [2.24, 2.45) is 0 Å². The van der Waals surface area contributed by atoms with Crippen molar-refractivity contribution in [1.82, 2.24) is 9.21 Å². The minimum Gasteiger partial charge on any atom is -0.397 e. The summed E-state index contributed by atoms with van der Waals surface area (Å²) in [6.45, 7) is 1.12. The Hall–Kier alpha value is -0.820. The number of anilines is 1. The first-order chi connectivity index (χ1) is 9.89. The van der Waals surface area contributed by atoms with E-state index in [4.69, 9.17) is 17.3 Å². The highest BCUT2D eigenvalue weighted by molar-refractivity contribution is 7.89. The van der Waals surface area contributed by atoms with E-state index in [1.165, 1.54) is 18.6 Å². The number of halogens is 1. The highest BCUT2D eigenvalue weighted by Crippen LogP contribution is 2.31. The van der Waals surface area contributed by atoms with Crippen LogP contribution in [0.2, 0.25) is 5.02 Å². The third-order valence-electron chi connectivity index (χ3n) is 4.72. The van der Waals surface area contributed by atoms with Gasteiger partial charge in [-0.15, -0.1) is 0 Å². The Balaban J connectivity index is 1.89. The Bertz CT molecular complexity index is 650. The summed E-state index contributed by atoms with van der Waals surface area (Å²) in [5, 5.41) is 0.378. The van der Waals surface area contributed by atoms with E-state index in [1.807, 2.05) is 0 Å². The summed E-state index contributed by atoms with van der Waals surface area (Å²) in [5.74, 6) is 0. The number of sulfonamides is 1. The molecule has 2 fully saturated rings. The second kappa shape index (κ2) is 5.43. The number of nitrogens with two attached hydrogens (primary N) is 1. The standard InChI is InChI=1S/C14H20ClN3O2S/c1-17-10-2-3-11(17)9-18(7-6-10)21(19,20)12-4-5-13(15)14(16)8-12/h4-5,8,10-11H,2-3,6-7,9,16H2,1H3. The van der Waals surface area contributed by atoms with Crippen molar-refractivity contribution in [2.75, 3.05) is 25.9 Å². The van der Waals surface area contributed by atoms with E-state index in [1.54, 1.807) is 10.4 Å². The van der Waals surface area contributed by atoms with Crippen LogP contribution in [0.3, 0.4) is 0 Å². The van der Waals surface area contributed by atoms with E-state index in [9.17, 15) is 8.42 Å². The molecule has 0 amide bonds. The Morgan fingerprint density at radius 1 is 1.24 bits per heavy atom. The molecule has 0 aromatic heterocycles. The molecule has 1 aromatic rings. The summed E-state index contributed by atoms with van der Waals surface area (Å²) in [6, 6.07) is 5.34. The summed E-state index contributed by atoms with van der Waals surface area (Å²) in [4.78, 5) is 2.55. The van der Waals surface area contributed by atoms with Gasteiger partial charge in [0.1, 0.15) is 0 Å². The molecule has 21 heavy (non-hydrogen) atoms. The van der Waals surface area contributed by atoms with Crippen LogP contribution in [0, 0.1) is 0 Å². The maximum Gasteiger partial charge on any atom is 0.243 e. The van der Waals surface area contributed by atoms with Crippen LogP contribution >= 0.6 is 11.6 Å². The number of fused-ring (bicyclic) bond motifs is 2. The zero-order valence-corrected chi connectivity index (χ0v) is 13.6. The first-order valence-corrected chi connectivity index (χ1v) is 8.98. The fourth-order valence-corrected chi connectivity index (χ4v) is 4.97. The molecular weight excluding hydrogens is 310 g/mol. The van der Waals surface area contributed by atoms with Crippen molar-refractivity contribution < 1.29 is 8.42 Å². The monoisotopic (exact) mass is 329 g/mol. The van der Waals surface area contributed by atoms with Crippen LogP contribution < -0.4 is 5.73 Å². The molecule has 0 radical (unpaired) electrons. The normalized spacial score (nSPS) is 27.7. The SMILES string of the molecule is CN1C2CCC1CN(S(=O)(=O)c1ccc(Cl)c(N)c1)CC2. The molecule has 2 aliphatic rings. The average Bonchev–Trinajstić information content (AvgIpc) is 2.65. The van der Waals surface area contributed by atoms with Gasteiger partial charge in [-0.25, -0.2) is 8.42 Å². The van der Waals surface area contributed by atoms with Crippen molar-refractivity contribution in [2.45, 2.75) is 36.2 Å². The van der Waals surface area contributed by atoms with Gasteiger partial charge in [-0.05, 0) is 44.5 Å². The van der Waals surface area contributed by atoms with Crippen molar-refractivity contribution >= 4 is 27.3 Å². The van der Waals surface area contributed by atoms with Gasteiger partial charge >= 0.3 is 0 Å². The molecule has 0 aliphatic carbocycles. The van der Waals surface area contributed by atoms with Crippen LogP contribution in [-0.2, 0) is 10.0 Å². The number of nitrogens with zero attached hydrogens (tertiary/aromatic N) is 2. The van der Waals surface area contributed by atoms with Gasteiger partial charge in [0.15, 0.2) is 0 Å². The molecule has 2 atom stereocenters. The fraction of sp³-hybridized carbons (Fsp3) is 0.571. The van der Waals surface area contributed by atoms with Crippen molar-refractivity contribution in [3.8, 4) is 0 Å². The third-order valence-corrected chi connectivity index (χ3v) is 6.92. The molecule has 2 bridgehead atoms. The predicted molar refractivity (Wildman–Crippen MR) is 83.8 cm³/mol. The first-order valence-electron chi connectivity index (χ1n) is 7.16.